The molecule has 23 heavy (non-hydrogen) atoms. The van der Waals surface area contributed by atoms with Gasteiger partial charge in [-0.15, -0.1) is 0 Å². The van der Waals surface area contributed by atoms with Crippen molar-refractivity contribution in [2.45, 2.75) is 32.1 Å². The van der Waals surface area contributed by atoms with Crippen LogP contribution in [-0.4, -0.2) is 20.3 Å². The zero-order valence-electron chi connectivity index (χ0n) is 14.1. The second-order valence-corrected chi connectivity index (χ2v) is 5.87. The zero-order valence-corrected chi connectivity index (χ0v) is 14.1. The number of ether oxygens (including phenoxy) is 2. The summed E-state index contributed by atoms with van der Waals surface area (Å²) in [4.78, 5) is 0. The number of benzene rings is 2. The van der Waals surface area contributed by atoms with Gasteiger partial charge in [-0.3, -0.25) is 0 Å². The molecule has 0 aliphatic rings. The Morgan fingerprint density at radius 3 is 2.43 bits per heavy atom. The van der Waals surface area contributed by atoms with Gasteiger partial charge in [0.05, 0.1) is 13.7 Å². The second-order valence-electron chi connectivity index (χ2n) is 5.87. The molecule has 1 atom stereocenters. The van der Waals surface area contributed by atoms with Crippen molar-refractivity contribution in [1.29, 1.82) is 0 Å². The molecule has 0 radical (unpaired) electrons. The van der Waals surface area contributed by atoms with E-state index in [0.29, 0.717) is 12.5 Å². The maximum absolute atomic E-state index is 5.94. The van der Waals surface area contributed by atoms with E-state index < -0.39 is 0 Å². The lowest BCUT2D eigenvalue weighted by Gasteiger charge is -2.15. The fraction of sp³-hybridized carbons (Fsp3) is 0.400. The molecule has 1 unspecified atom stereocenters. The highest BCUT2D eigenvalue weighted by atomic mass is 16.5. The molecule has 0 heterocycles. The van der Waals surface area contributed by atoms with E-state index in [0.717, 1.165) is 37.4 Å². The Labute approximate surface area is 139 Å². The molecule has 124 valence electrons. The summed E-state index contributed by atoms with van der Waals surface area (Å²) in [5, 5.41) is 0. The number of hydrogen-bond acceptors (Lipinski definition) is 3. The van der Waals surface area contributed by atoms with Crippen LogP contribution in [0.15, 0.2) is 48.5 Å². The summed E-state index contributed by atoms with van der Waals surface area (Å²) in [5.41, 5.74) is 8.45. The van der Waals surface area contributed by atoms with E-state index in [1.807, 2.05) is 24.3 Å². The van der Waals surface area contributed by atoms with Crippen molar-refractivity contribution in [2.75, 3.05) is 20.3 Å². The number of unbranched alkanes of at least 4 members (excludes halogenated alkanes) is 1. The van der Waals surface area contributed by atoms with Crippen molar-refractivity contribution in [2.24, 2.45) is 5.73 Å². The Bertz CT molecular complexity index is 580. The van der Waals surface area contributed by atoms with E-state index in [2.05, 4.69) is 31.2 Å². The molecule has 2 N–H and O–H groups in total. The van der Waals surface area contributed by atoms with Crippen molar-refractivity contribution in [3.05, 3.63) is 59.7 Å². The summed E-state index contributed by atoms with van der Waals surface area (Å²) >= 11 is 0. The minimum Gasteiger partial charge on any atom is -0.497 e. The van der Waals surface area contributed by atoms with Gasteiger partial charge in [0.25, 0.3) is 0 Å². The Morgan fingerprint density at radius 1 is 1.00 bits per heavy atom. The van der Waals surface area contributed by atoms with Gasteiger partial charge < -0.3 is 15.2 Å². The average Bonchev–Trinajstić information content (AvgIpc) is 2.58. The maximum Gasteiger partial charge on any atom is 0.119 e. The fourth-order valence-corrected chi connectivity index (χ4v) is 2.68. The minimum atomic E-state index is 0.403. The number of methoxy groups -OCH3 is 1. The van der Waals surface area contributed by atoms with Crippen LogP contribution in [0.5, 0.6) is 11.5 Å². The molecule has 3 heteroatoms. The Balaban J connectivity index is 1.73. The quantitative estimate of drug-likeness (QED) is 0.702. The molecule has 0 amide bonds. The molecule has 0 bridgehead atoms. The highest BCUT2D eigenvalue weighted by Gasteiger charge is 2.09. The fourth-order valence-electron chi connectivity index (χ4n) is 2.68. The summed E-state index contributed by atoms with van der Waals surface area (Å²) in [7, 11) is 1.68. The number of nitrogens with two attached hydrogens (primary N) is 1. The van der Waals surface area contributed by atoms with Crippen LogP contribution in [0.1, 0.15) is 36.3 Å². The van der Waals surface area contributed by atoms with Crippen LogP contribution in [0, 0.1) is 6.92 Å². The van der Waals surface area contributed by atoms with E-state index in [9.17, 15) is 0 Å². The van der Waals surface area contributed by atoms with Crippen LogP contribution in [0.3, 0.4) is 0 Å². The van der Waals surface area contributed by atoms with Crippen LogP contribution < -0.4 is 15.2 Å². The first-order chi connectivity index (χ1) is 11.2. The lowest BCUT2D eigenvalue weighted by Crippen LogP contribution is -2.13. The SMILES string of the molecule is COc1ccc(C(CN)CCCCOc2cccc(C)c2)cc1. The molecule has 0 fully saturated rings. The normalized spacial score (nSPS) is 12.0. The van der Waals surface area contributed by atoms with E-state index >= 15 is 0 Å². The summed E-state index contributed by atoms with van der Waals surface area (Å²) in [6.45, 7) is 3.50. The molecular formula is C20H27NO2. The van der Waals surface area contributed by atoms with Gasteiger partial charge in [0.1, 0.15) is 11.5 Å². The first kappa shape index (κ1) is 17.4. The maximum atomic E-state index is 5.94. The molecule has 3 nitrogen and oxygen atoms in total. The summed E-state index contributed by atoms with van der Waals surface area (Å²) in [6.07, 6.45) is 3.24. The van der Waals surface area contributed by atoms with Gasteiger partial charge >= 0.3 is 0 Å². The molecule has 2 aromatic rings. The second kappa shape index (κ2) is 9.21. The third-order valence-electron chi connectivity index (χ3n) is 4.08. The molecule has 0 aliphatic carbocycles. The largest absolute Gasteiger partial charge is 0.497 e. The average molecular weight is 313 g/mol. The van der Waals surface area contributed by atoms with Crippen molar-refractivity contribution < 1.29 is 9.47 Å². The van der Waals surface area contributed by atoms with E-state index in [1.54, 1.807) is 7.11 Å². The standard InChI is InChI=1S/C20H27NO2/c1-16-6-5-8-20(14-16)23-13-4-3-7-18(15-21)17-9-11-19(22-2)12-10-17/h5-6,8-12,14,18H,3-4,7,13,15,21H2,1-2H3. The van der Waals surface area contributed by atoms with Crippen LogP contribution in [-0.2, 0) is 0 Å². The van der Waals surface area contributed by atoms with Crippen LogP contribution in [0.4, 0.5) is 0 Å². The predicted octanol–water partition coefficient (Wildman–Crippen LogP) is 4.30. The third-order valence-corrected chi connectivity index (χ3v) is 4.08. The lowest BCUT2D eigenvalue weighted by atomic mass is 9.93. The van der Waals surface area contributed by atoms with Crippen molar-refractivity contribution in [1.82, 2.24) is 0 Å². The zero-order chi connectivity index (χ0) is 16.5. The lowest BCUT2D eigenvalue weighted by molar-refractivity contribution is 0.303. The topological polar surface area (TPSA) is 44.5 Å². The third kappa shape index (κ3) is 5.61. The van der Waals surface area contributed by atoms with Crippen molar-refractivity contribution in [3.8, 4) is 11.5 Å². The van der Waals surface area contributed by atoms with Crippen LogP contribution >= 0.6 is 0 Å². The van der Waals surface area contributed by atoms with Gasteiger partial charge in [0, 0.05) is 0 Å². The number of hydrogen-bond donors (Lipinski definition) is 1. The summed E-state index contributed by atoms with van der Waals surface area (Å²) in [6, 6.07) is 16.4. The molecular weight excluding hydrogens is 286 g/mol. The molecule has 0 spiro atoms. The van der Waals surface area contributed by atoms with Gasteiger partial charge in [0.15, 0.2) is 0 Å². The summed E-state index contributed by atoms with van der Waals surface area (Å²) < 4.78 is 11.0. The highest BCUT2D eigenvalue weighted by molar-refractivity contribution is 5.29. The predicted molar refractivity (Wildman–Crippen MR) is 95.3 cm³/mol. The Hall–Kier alpha value is -2.00. The Morgan fingerprint density at radius 2 is 1.78 bits per heavy atom. The molecule has 0 saturated carbocycles. The molecule has 0 aliphatic heterocycles. The van der Waals surface area contributed by atoms with Crippen LogP contribution in [0.2, 0.25) is 0 Å². The highest BCUT2D eigenvalue weighted by Crippen LogP contribution is 2.23. The monoisotopic (exact) mass is 313 g/mol. The number of aryl methyl sites for hydroxylation is 1. The van der Waals surface area contributed by atoms with E-state index in [4.69, 9.17) is 15.2 Å². The molecule has 2 aromatic carbocycles. The van der Waals surface area contributed by atoms with Crippen LogP contribution in [0.25, 0.3) is 0 Å². The van der Waals surface area contributed by atoms with Crippen molar-refractivity contribution >= 4 is 0 Å². The number of rotatable bonds is 9. The first-order valence-electron chi connectivity index (χ1n) is 8.26. The smallest absolute Gasteiger partial charge is 0.119 e. The van der Waals surface area contributed by atoms with Gasteiger partial charge in [-0.1, -0.05) is 24.3 Å². The summed E-state index contributed by atoms with van der Waals surface area (Å²) in [5.74, 6) is 2.24. The van der Waals surface area contributed by atoms with Crippen molar-refractivity contribution in [3.63, 3.8) is 0 Å². The molecule has 2 rings (SSSR count). The van der Waals surface area contributed by atoms with Gasteiger partial charge in [0.2, 0.25) is 0 Å². The molecule has 0 saturated heterocycles. The van der Waals surface area contributed by atoms with Gasteiger partial charge in [-0.05, 0) is 74.0 Å². The molecule has 0 aromatic heterocycles. The van der Waals surface area contributed by atoms with E-state index in [1.165, 1.54) is 11.1 Å². The Kier molecular flexibility index (Phi) is 6.95. The van der Waals surface area contributed by atoms with E-state index in [-0.39, 0.29) is 0 Å². The minimum absolute atomic E-state index is 0.403. The van der Waals surface area contributed by atoms with Gasteiger partial charge in [-0.25, -0.2) is 0 Å². The first-order valence-corrected chi connectivity index (χ1v) is 8.26. The van der Waals surface area contributed by atoms with Gasteiger partial charge in [-0.2, -0.15) is 0 Å².